The summed E-state index contributed by atoms with van der Waals surface area (Å²) in [5.41, 5.74) is 1.03. The van der Waals surface area contributed by atoms with E-state index in [9.17, 15) is 0 Å². The summed E-state index contributed by atoms with van der Waals surface area (Å²) in [5.74, 6) is 1.48. The molecule has 0 spiro atoms. The molecule has 0 radical (unpaired) electrons. The Balaban J connectivity index is 2.64. The summed E-state index contributed by atoms with van der Waals surface area (Å²) in [6.07, 6.45) is 1.80. The lowest BCUT2D eigenvalue weighted by Crippen LogP contribution is -2.23. The Morgan fingerprint density at radius 2 is 2.25 bits per heavy atom. The summed E-state index contributed by atoms with van der Waals surface area (Å²) in [7, 11) is 1.80. The molecule has 0 bridgehead atoms. The zero-order chi connectivity index (χ0) is 12.0. The van der Waals surface area contributed by atoms with Gasteiger partial charge in [-0.2, -0.15) is 4.98 Å². The first kappa shape index (κ1) is 12.7. The van der Waals surface area contributed by atoms with Crippen molar-refractivity contribution in [1.29, 1.82) is 0 Å². The fraction of sp³-hybridized carbons (Fsp3) is 0.636. The molecule has 16 heavy (non-hydrogen) atoms. The summed E-state index contributed by atoms with van der Waals surface area (Å²) in [6.45, 7) is 7.44. The highest BCUT2D eigenvalue weighted by Crippen LogP contribution is 2.13. The molecule has 5 nitrogen and oxygen atoms in total. The van der Waals surface area contributed by atoms with Crippen molar-refractivity contribution in [3.8, 4) is 0 Å². The minimum atomic E-state index is 0.234. The zero-order valence-electron chi connectivity index (χ0n) is 10.4. The third-order valence-corrected chi connectivity index (χ3v) is 2.15. The molecule has 0 aromatic carbocycles. The average molecular weight is 224 g/mol. The van der Waals surface area contributed by atoms with Gasteiger partial charge in [0.05, 0.1) is 6.61 Å². The monoisotopic (exact) mass is 224 g/mol. The second-order valence-electron chi connectivity index (χ2n) is 3.68. The quantitative estimate of drug-likeness (QED) is 0.769. The highest BCUT2D eigenvalue weighted by Gasteiger charge is 2.06. The summed E-state index contributed by atoms with van der Waals surface area (Å²) >= 11 is 0. The molecule has 0 aliphatic carbocycles. The highest BCUT2D eigenvalue weighted by atomic mass is 16.5. The molecular formula is C11H20N4O. The molecule has 90 valence electrons. The van der Waals surface area contributed by atoms with Gasteiger partial charge in [-0.15, -0.1) is 0 Å². The minimum absolute atomic E-state index is 0.234. The first-order chi connectivity index (χ1) is 7.67. The molecule has 1 heterocycles. The van der Waals surface area contributed by atoms with E-state index < -0.39 is 0 Å². The van der Waals surface area contributed by atoms with Crippen molar-refractivity contribution in [3.63, 3.8) is 0 Å². The van der Waals surface area contributed by atoms with Crippen LogP contribution >= 0.6 is 0 Å². The van der Waals surface area contributed by atoms with Gasteiger partial charge in [0.25, 0.3) is 0 Å². The van der Waals surface area contributed by atoms with E-state index in [-0.39, 0.29) is 6.04 Å². The number of aryl methyl sites for hydroxylation is 1. The summed E-state index contributed by atoms with van der Waals surface area (Å²) in [6, 6.07) is 0.234. The second kappa shape index (κ2) is 6.27. The third kappa shape index (κ3) is 3.66. The third-order valence-electron chi connectivity index (χ3n) is 2.15. The predicted molar refractivity (Wildman–Crippen MR) is 65.9 cm³/mol. The molecule has 1 unspecified atom stereocenters. The van der Waals surface area contributed by atoms with Crippen LogP contribution in [0.5, 0.6) is 0 Å². The Hall–Kier alpha value is -1.36. The predicted octanol–water partition coefficient (Wildman–Crippen LogP) is 1.66. The van der Waals surface area contributed by atoms with Crippen LogP contribution in [-0.2, 0) is 4.74 Å². The number of anilines is 2. The van der Waals surface area contributed by atoms with Crippen LogP contribution in [-0.4, -0.2) is 36.3 Å². The van der Waals surface area contributed by atoms with Crippen molar-refractivity contribution < 1.29 is 4.74 Å². The van der Waals surface area contributed by atoms with Crippen LogP contribution in [0.15, 0.2) is 6.20 Å². The fourth-order valence-corrected chi connectivity index (χ4v) is 1.28. The van der Waals surface area contributed by atoms with Crippen molar-refractivity contribution in [1.82, 2.24) is 9.97 Å². The normalized spacial score (nSPS) is 12.2. The van der Waals surface area contributed by atoms with Crippen molar-refractivity contribution in [2.24, 2.45) is 0 Å². The lowest BCUT2D eigenvalue weighted by atomic mass is 10.3. The van der Waals surface area contributed by atoms with Gasteiger partial charge >= 0.3 is 0 Å². The van der Waals surface area contributed by atoms with Gasteiger partial charge in [0, 0.05) is 31.5 Å². The van der Waals surface area contributed by atoms with Crippen molar-refractivity contribution in [2.45, 2.75) is 26.8 Å². The Kier molecular flexibility index (Phi) is 4.98. The summed E-state index contributed by atoms with van der Waals surface area (Å²) in [5, 5.41) is 6.22. The smallest absolute Gasteiger partial charge is 0.224 e. The van der Waals surface area contributed by atoms with E-state index in [2.05, 4.69) is 27.5 Å². The van der Waals surface area contributed by atoms with E-state index >= 15 is 0 Å². The van der Waals surface area contributed by atoms with Crippen LogP contribution < -0.4 is 10.6 Å². The maximum atomic E-state index is 5.34. The molecule has 1 rings (SSSR count). The molecule has 0 saturated carbocycles. The SMILES string of the molecule is CCOCC(C)Nc1nc(NC)ncc1C. The highest BCUT2D eigenvalue weighted by molar-refractivity contribution is 5.46. The molecule has 0 amide bonds. The maximum Gasteiger partial charge on any atom is 0.224 e. The van der Waals surface area contributed by atoms with Crippen LogP contribution in [0, 0.1) is 6.92 Å². The van der Waals surface area contributed by atoms with Gasteiger partial charge in [-0.25, -0.2) is 4.98 Å². The van der Waals surface area contributed by atoms with E-state index in [1.807, 2.05) is 13.8 Å². The van der Waals surface area contributed by atoms with E-state index in [4.69, 9.17) is 4.74 Å². The Bertz CT molecular complexity index is 330. The molecule has 2 N–H and O–H groups in total. The molecular weight excluding hydrogens is 204 g/mol. The van der Waals surface area contributed by atoms with E-state index in [1.54, 1.807) is 13.2 Å². The molecule has 0 fully saturated rings. The van der Waals surface area contributed by atoms with Gasteiger partial charge in [0.15, 0.2) is 0 Å². The van der Waals surface area contributed by atoms with Gasteiger partial charge in [0.2, 0.25) is 5.95 Å². The molecule has 0 aliphatic rings. The number of hydrogen-bond acceptors (Lipinski definition) is 5. The maximum absolute atomic E-state index is 5.34. The second-order valence-corrected chi connectivity index (χ2v) is 3.68. The Morgan fingerprint density at radius 3 is 2.88 bits per heavy atom. The van der Waals surface area contributed by atoms with Gasteiger partial charge in [-0.1, -0.05) is 0 Å². The van der Waals surface area contributed by atoms with Crippen LogP contribution in [0.4, 0.5) is 11.8 Å². The Labute approximate surface area is 96.6 Å². The van der Waals surface area contributed by atoms with Gasteiger partial charge < -0.3 is 15.4 Å². The topological polar surface area (TPSA) is 59.1 Å². The van der Waals surface area contributed by atoms with Crippen molar-refractivity contribution in [3.05, 3.63) is 11.8 Å². The van der Waals surface area contributed by atoms with E-state index in [0.717, 1.165) is 18.0 Å². The van der Waals surface area contributed by atoms with Crippen LogP contribution in [0.2, 0.25) is 0 Å². The minimum Gasteiger partial charge on any atom is -0.380 e. The van der Waals surface area contributed by atoms with Crippen LogP contribution in [0.3, 0.4) is 0 Å². The van der Waals surface area contributed by atoms with Crippen LogP contribution in [0.25, 0.3) is 0 Å². The zero-order valence-corrected chi connectivity index (χ0v) is 10.4. The number of nitrogens with zero attached hydrogens (tertiary/aromatic N) is 2. The fourth-order valence-electron chi connectivity index (χ4n) is 1.28. The van der Waals surface area contributed by atoms with Crippen molar-refractivity contribution >= 4 is 11.8 Å². The molecule has 0 aliphatic heterocycles. The standard InChI is InChI=1S/C11H20N4O/c1-5-16-7-9(3)14-10-8(2)6-13-11(12-4)15-10/h6,9H,5,7H2,1-4H3,(H2,12,13,14,15). The summed E-state index contributed by atoms with van der Waals surface area (Å²) < 4.78 is 5.34. The largest absolute Gasteiger partial charge is 0.380 e. The lowest BCUT2D eigenvalue weighted by Gasteiger charge is -2.16. The molecule has 0 saturated heterocycles. The lowest BCUT2D eigenvalue weighted by molar-refractivity contribution is 0.141. The molecule has 1 atom stereocenters. The van der Waals surface area contributed by atoms with Crippen molar-refractivity contribution in [2.75, 3.05) is 30.9 Å². The molecule has 5 heteroatoms. The molecule has 1 aromatic heterocycles. The van der Waals surface area contributed by atoms with E-state index in [1.165, 1.54) is 0 Å². The first-order valence-electron chi connectivity index (χ1n) is 5.53. The number of aromatic nitrogens is 2. The summed E-state index contributed by atoms with van der Waals surface area (Å²) in [4.78, 5) is 8.48. The number of rotatable bonds is 6. The first-order valence-corrected chi connectivity index (χ1v) is 5.53. The van der Waals surface area contributed by atoms with Gasteiger partial charge in [0.1, 0.15) is 5.82 Å². The number of nitrogens with one attached hydrogen (secondary N) is 2. The van der Waals surface area contributed by atoms with E-state index in [0.29, 0.717) is 12.6 Å². The van der Waals surface area contributed by atoms with Crippen LogP contribution in [0.1, 0.15) is 19.4 Å². The number of hydrogen-bond donors (Lipinski definition) is 2. The Morgan fingerprint density at radius 1 is 1.50 bits per heavy atom. The van der Waals surface area contributed by atoms with Gasteiger partial charge in [-0.05, 0) is 20.8 Å². The van der Waals surface area contributed by atoms with Gasteiger partial charge in [-0.3, -0.25) is 0 Å². The number of ether oxygens (including phenoxy) is 1. The average Bonchev–Trinajstić information content (AvgIpc) is 2.29. The molecule has 1 aromatic rings.